The van der Waals surface area contributed by atoms with Crippen LogP contribution in [0.25, 0.3) is 74.7 Å². The van der Waals surface area contributed by atoms with E-state index in [1.807, 2.05) is 60.7 Å². The summed E-state index contributed by atoms with van der Waals surface area (Å²) in [5, 5.41) is 0. The van der Waals surface area contributed by atoms with Crippen LogP contribution in [0.15, 0.2) is 109 Å². The van der Waals surface area contributed by atoms with Crippen molar-refractivity contribution >= 4 is 75.1 Å². The Labute approximate surface area is 353 Å². The predicted molar refractivity (Wildman–Crippen MR) is 242 cm³/mol. The van der Waals surface area contributed by atoms with Gasteiger partial charge in [-0.1, -0.05) is 111 Å². The minimum Gasteiger partial charge on any atom is -0.457 e. The fourth-order valence-electron chi connectivity index (χ4n) is 10.7. The lowest BCUT2D eigenvalue weighted by Gasteiger charge is -2.37. The van der Waals surface area contributed by atoms with Gasteiger partial charge in [0.15, 0.2) is 9.92 Å². The summed E-state index contributed by atoms with van der Waals surface area (Å²) in [5.74, 6) is 1.00. The second kappa shape index (κ2) is 12.3. The highest BCUT2D eigenvalue weighted by molar-refractivity contribution is 7.24. The van der Waals surface area contributed by atoms with Gasteiger partial charge in [-0.3, -0.25) is 8.80 Å². The molecule has 2 saturated carbocycles. The number of aromatic nitrogens is 4. The topological polar surface area (TPSA) is 43.8 Å². The van der Waals surface area contributed by atoms with Crippen molar-refractivity contribution < 1.29 is 13.0 Å². The average molecular weight is 797 g/mol. The molecule has 0 amide bonds. The van der Waals surface area contributed by atoms with Gasteiger partial charge in [-0.2, -0.15) is 0 Å². The Morgan fingerprint density at radius 1 is 0.552 bits per heavy atom. The van der Waals surface area contributed by atoms with Crippen molar-refractivity contribution in [2.75, 3.05) is 0 Å². The highest BCUT2D eigenvalue weighted by Crippen LogP contribution is 2.55. The number of hydrogen-bond acceptors (Lipinski definition) is 5. The number of imidazole rings is 2. The summed E-state index contributed by atoms with van der Waals surface area (Å²) in [6.07, 6.45) is 8.25. The van der Waals surface area contributed by atoms with E-state index in [0.717, 1.165) is 137 Å². The summed E-state index contributed by atoms with van der Waals surface area (Å²) in [7, 11) is 0. The maximum absolute atomic E-state index is 9.49. The van der Waals surface area contributed by atoms with Gasteiger partial charge < -0.3 is 4.74 Å². The van der Waals surface area contributed by atoms with E-state index in [9.17, 15) is 8.22 Å². The van der Waals surface area contributed by atoms with Crippen LogP contribution in [0.1, 0.15) is 107 Å². The third-order valence-corrected chi connectivity index (χ3v) is 15.5. The normalized spacial score (nSPS) is 19.0. The summed E-state index contributed by atoms with van der Waals surface area (Å²) in [5.41, 5.74) is 8.96. The maximum atomic E-state index is 9.49. The maximum Gasteiger partial charge on any atom is 0.195 e. The number of para-hydroxylation sites is 4. The van der Waals surface area contributed by atoms with Gasteiger partial charge in [-0.25, -0.2) is 9.97 Å². The van der Waals surface area contributed by atoms with Crippen molar-refractivity contribution in [1.82, 2.24) is 18.8 Å². The molecule has 4 aromatic heterocycles. The summed E-state index contributed by atoms with van der Waals surface area (Å²) < 4.78 is 70.6. The fourth-order valence-corrected chi connectivity index (χ4v) is 12.7. The van der Waals surface area contributed by atoms with E-state index < -0.39 is 19.1 Å². The van der Waals surface area contributed by atoms with Crippen molar-refractivity contribution in [3.8, 4) is 33.8 Å². The van der Waals surface area contributed by atoms with Gasteiger partial charge in [0.1, 0.15) is 11.5 Å². The molecule has 58 heavy (non-hydrogen) atoms. The van der Waals surface area contributed by atoms with Crippen molar-refractivity contribution in [2.45, 2.75) is 82.3 Å². The lowest BCUT2D eigenvalue weighted by Crippen LogP contribution is -2.25. The molecule has 5 nitrogen and oxygen atoms in total. The van der Waals surface area contributed by atoms with E-state index in [0.29, 0.717) is 11.5 Å². The second-order valence-electron chi connectivity index (χ2n) is 16.6. The third-order valence-electron chi connectivity index (χ3n) is 13.4. The SMILES string of the molecule is [2H]C([2H])([2H])C1(C([2H])([2H])[2H])c2cc(-c3cccc4c3nc3sc5ccccc5n34)c(C3CCCC3)cc2Oc2cc(C3CCCC3)c(-c3cccc4c3nc3sc5ccccc5n34)cc21. The highest BCUT2D eigenvalue weighted by Gasteiger charge is 2.38. The molecule has 13 rings (SSSR count). The van der Waals surface area contributed by atoms with Crippen LogP contribution in [0.4, 0.5) is 0 Å². The first-order valence-electron chi connectivity index (χ1n) is 23.6. The van der Waals surface area contributed by atoms with Crippen molar-refractivity contribution in [2.24, 2.45) is 0 Å². The van der Waals surface area contributed by atoms with Crippen LogP contribution in [-0.4, -0.2) is 18.8 Å². The monoisotopic (exact) mass is 796 g/mol. The van der Waals surface area contributed by atoms with Gasteiger partial charge in [-0.05, 0) is 120 Å². The van der Waals surface area contributed by atoms with Crippen molar-refractivity contribution in [3.63, 3.8) is 0 Å². The number of fused-ring (bicyclic) bond motifs is 12. The van der Waals surface area contributed by atoms with E-state index in [1.54, 1.807) is 22.7 Å². The molecular formula is C51H42N4OS2. The van der Waals surface area contributed by atoms with Crippen LogP contribution >= 0.6 is 22.7 Å². The average Bonchev–Trinajstić information content (AvgIpc) is 4.14. The Kier molecular flexibility index (Phi) is 5.92. The molecule has 1 aliphatic heterocycles. The predicted octanol–water partition coefficient (Wildman–Crippen LogP) is 14.8. The number of hydrogen-bond donors (Lipinski definition) is 0. The van der Waals surface area contributed by atoms with Crippen LogP contribution in [0.2, 0.25) is 0 Å². The minimum atomic E-state index is -3.02. The Bertz CT molecular complexity index is 3330. The first kappa shape index (κ1) is 28.0. The molecule has 2 aliphatic carbocycles. The lowest BCUT2D eigenvalue weighted by molar-refractivity contribution is 0.416. The fraction of sp³-hybridized carbons (Fsp3) is 0.255. The highest BCUT2D eigenvalue weighted by atomic mass is 32.1. The number of ether oxygens (including phenoxy) is 1. The first-order chi connectivity index (χ1) is 31.0. The zero-order valence-corrected chi connectivity index (χ0v) is 33.4. The molecule has 3 aliphatic rings. The van der Waals surface area contributed by atoms with Crippen LogP contribution in [0, 0.1) is 0 Å². The van der Waals surface area contributed by atoms with Crippen LogP contribution < -0.4 is 4.74 Å². The van der Waals surface area contributed by atoms with Crippen molar-refractivity contribution in [1.29, 1.82) is 0 Å². The first-order valence-corrected chi connectivity index (χ1v) is 22.3. The van der Waals surface area contributed by atoms with E-state index >= 15 is 0 Å². The van der Waals surface area contributed by atoms with Crippen LogP contribution in [0.5, 0.6) is 11.5 Å². The van der Waals surface area contributed by atoms with Gasteiger partial charge >= 0.3 is 0 Å². The molecule has 0 spiro atoms. The molecule has 0 atom stereocenters. The van der Waals surface area contributed by atoms with Crippen molar-refractivity contribution in [3.05, 3.63) is 131 Å². The van der Waals surface area contributed by atoms with Gasteiger partial charge in [0.2, 0.25) is 0 Å². The summed E-state index contributed by atoms with van der Waals surface area (Å²) in [4.78, 5) is 12.2. The Morgan fingerprint density at radius 2 is 1.00 bits per heavy atom. The molecule has 2 fully saturated rings. The summed E-state index contributed by atoms with van der Waals surface area (Å²) in [6, 6.07) is 36.6. The molecular weight excluding hydrogens is 749 g/mol. The lowest BCUT2D eigenvalue weighted by atomic mass is 9.72. The molecule has 284 valence electrons. The third kappa shape index (κ3) is 4.69. The van der Waals surface area contributed by atoms with Gasteiger partial charge in [-0.15, -0.1) is 0 Å². The summed E-state index contributed by atoms with van der Waals surface area (Å²) >= 11 is 3.26. The van der Waals surface area contributed by atoms with E-state index in [1.165, 1.54) is 0 Å². The molecule has 0 N–H and O–H groups in total. The Balaban J connectivity index is 1.09. The zero-order chi connectivity index (χ0) is 43.3. The van der Waals surface area contributed by atoms with E-state index in [2.05, 4.69) is 57.3 Å². The zero-order valence-electron chi connectivity index (χ0n) is 37.7. The molecule has 5 heterocycles. The second-order valence-corrected chi connectivity index (χ2v) is 18.7. The molecule has 7 heteroatoms. The molecule has 10 aromatic rings. The van der Waals surface area contributed by atoms with E-state index in [-0.39, 0.29) is 23.0 Å². The minimum absolute atomic E-state index is 0.159. The molecule has 0 saturated heterocycles. The van der Waals surface area contributed by atoms with Gasteiger partial charge in [0.25, 0.3) is 0 Å². The van der Waals surface area contributed by atoms with Gasteiger partial charge in [0, 0.05) is 35.9 Å². The van der Waals surface area contributed by atoms with Crippen LogP contribution in [-0.2, 0) is 5.41 Å². The Morgan fingerprint density at radius 3 is 1.47 bits per heavy atom. The molecule has 0 bridgehead atoms. The van der Waals surface area contributed by atoms with E-state index in [4.69, 9.17) is 14.7 Å². The number of rotatable bonds is 4. The summed E-state index contributed by atoms with van der Waals surface area (Å²) in [6.45, 7) is -6.04. The number of benzene rings is 6. The largest absolute Gasteiger partial charge is 0.457 e. The standard InChI is InChI=1S/C51H42N4OS2/c1-51(2)37-25-35(31-17-11-21-41-47(31)52-49-54(41)39-19-7-9-23-45(39)57-49)33(29-13-3-4-14-29)27-43(37)56-44-28-34(30-15-5-6-16-30)36(26-38(44)51)32-18-12-22-42-48(32)53-50-55(42)40-20-8-10-24-46(40)58-50/h7-12,17-30H,3-6,13-16H2,1-2H3/i1D3,2D3. The quantitative estimate of drug-likeness (QED) is 0.178. The molecule has 0 radical (unpaired) electrons. The number of thiazole rings is 2. The smallest absolute Gasteiger partial charge is 0.195 e. The van der Waals surface area contributed by atoms with Gasteiger partial charge in [0.05, 0.1) is 42.5 Å². The Hall–Kier alpha value is -5.50. The molecule has 6 aromatic carbocycles. The van der Waals surface area contributed by atoms with Crippen LogP contribution in [0.3, 0.4) is 0 Å². The number of nitrogens with zero attached hydrogens (tertiary/aromatic N) is 4. The molecule has 0 unspecified atom stereocenters.